The van der Waals surface area contributed by atoms with Crippen LogP contribution in [0.3, 0.4) is 0 Å². The molecule has 22 heavy (non-hydrogen) atoms. The highest BCUT2D eigenvalue weighted by Gasteiger charge is 2.29. The number of carbonyl (C=O) groups excluding carboxylic acids is 2. The molecule has 1 heterocycles. The molecule has 1 unspecified atom stereocenters. The van der Waals surface area contributed by atoms with Gasteiger partial charge in [0, 0.05) is 23.7 Å². The summed E-state index contributed by atoms with van der Waals surface area (Å²) in [5.41, 5.74) is 0.772. The van der Waals surface area contributed by atoms with Crippen LogP contribution in [0.25, 0.3) is 0 Å². The van der Waals surface area contributed by atoms with Gasteiger partial charge in [0.2, 0.25) is 0 Å². The fraction of sp³-hybridized carbons (Fsp3) is 0.467. The highest BCUT2D eigenvalue weighted by Crippen LogP contribution is 2.13. The maximum absolute atomic E-state index is 12.2. The van der Waals surface area contributed by atoms with Crippen LogP contribution >= 0.6 is 0 Å². The second kappa shape index (κ2) is 6.91. The molecule has 1 aliphatic rings. The first-order valence-corrected chi connectivity index (χ1v) is 9.13. The normalized spacial score (nSPS) is 19.6. The van der Waals surface area contributed by atoms with Crippen molar-refractivity contribution in [3.63, 3.8) is 0 Å². The van der Waals surface area contributed by atoms with E-state index in [1.807, 2.05) is 6.92 Å². The minimum atomic E-state index is -3.03. The Morgan fingerprint density at radius 1 is 1.23 bits per heavy atom. The van der Waals surface area contributed by atoms with Crippen LogP contribution in [-0.4, -0.2) is 44.3 Å². The SMILES string of the molecule is CCCNC(=O)c1cccc(C(=O)NC2CCS(=O)(=O)C2)c1. The Hall–Kier alpha value is -1.89. The molecule has 0 radical (unpaired) electrons. The summed E-state index contributed by atoms with van der Waals surface area (Å²) < 4.78 is 22.8. The summed E-state index contributed by atoms with van der Waals surface area (Å²) in [4.78, 5) is 24.0. The fourth-order valence-corrected chi connectivity index (χ4v) is 3.99. The molecule has 0 saturated carbocycles. The molecule has 120 valence electrons. The molecule has 0 spiro atoms. The topological polar surface area (TPSA) is 92.3 Å². The molecule has 1 aromatic rings. The standard InChI is InChI=1S/C15H20N2O4S/c1-2-7-16-14(18)11-4-3-5-12(9-11)15(19)17-13-6-8-22(20,21)10-13/h3-5,9,13H,2,6-8,10H2,1H3,(H,16,18)(H,17,19). The fourth-order valence-electron chi connectivity index (χ4n) is 2.32. The lowest BCUT2D eigenvalue weighted by Gasteiger charge is -2.11. The van der Waals surface area contributed by atoms with Gasteiger partial charge in [-0.15, -0.1) is 0 Å². The molecular formula is C15H20N2O4S. The van der Waals surface area contributed by atoms with Crippen molar-refractivity contribution in [2.75, 3.05) is 18.1 Å². The number of benzene rings is 1. The average Bonchev–Trinajstić information content (AvgIpc) is 2.83. The van der Waals surface area contributed by atoms with Crippen molar-refractivity contribution in [2.45, 2.75) is 25.8 Å². The monoisotopic (exact) mass is 324 g/mol. The Morgan fingerprint density at radius 2 is 1.91 bits per heavy atom. The average molecular weight is 324 g/mol. The molecule has 0 aliphatic carbocycles. The van der Waals surface area contributed by atoms with Gasteiger partial charge in [-0.05, 0) is 31.0 Å². The molecule has 6 nitrogen and oxygen atoms in total. The van der Waals surface area contributed by atoms with E-state index in [0.29, 0.717) is 24.1 Å². The minimum Gasteiger partial charge on any atom is -0.352 e. The minimum absolute atomic E-state index is 0.0184. The van der Waals surface area contributed by atoms with Crippen molar-refractivity contribution in [3.05, 3.63) is 35.4 Å². The van der Waals surface area contributed by atoms with Gasteiger partial charge < -0.3 is 10.6 Å². The largest absolute Gasteiger partial charge is 0.352 e. The first kappa shape index (κ1) is 16.5. The number of sulfone groups is 1. The third-order valence-corrected chi connectivity index (χ3v) is 5.26. The summed E-state index contributed by atoms with van der Waals surface area (Å²) in [7, 11) is -3.03. The summed E-state index contributed by atoms with van der Waals surface area (Å²) in [5, 5.41) is 5.46. The number of hydrogen-bond donors (Lipinski definition) is 2. The van der Waals surface area contributed by atoms with Crippen LogP contribution in [0.15, 0.2) is 24.3 Å². The maximum atomic E-state index is 12.2. The lowest BCUT2D eigenvalue weighted by molar-refractivity contribution is 0.0941. The van der Waals surface area contributed by atoms with Gasteiger partial charge in [-0.25, -0.2) is 8.42 Å². The number of hydrogen-bond acceptors (Lipinski definition) is 4. The zero-order valence-electron chi connectivity index (χ0n) is 12.5. The van der Waals surface area contributed by atoms with Crippen molar-refractivity contribution < 1.29 is 18.0 Å². The summed E-state index contributed by atoms with van der Waals surface area (Å²) in [6.07, 6.45) is 1.27. The van der Waals surface area contributed by atoms with Crippen LogP contribution in [0.5, 0.6) is 0 Å². The summed E-state index contributed by atoms with van der Waals surface area (Å²) in [6, 6.07) is 6.05. The van der Waals surface area contributed by atoms with E-state index in [1.54, 1.807) is 18.2 Å². The van der Waals surface area contributed by atoms with Gasteiger partial charge in [-0.1, -0.05) is 13.0 Å². The number of amides is 2. The second-order valence-corrected chi connectivity index (χ2v) is 7.64. The molecule has 1 saturated heterocycles. The van der Waals surface area contributed by atoms with E-state index in [4.69, 9.17) is 0 Å². The van der Waals surface area contributed by atoms with Crippen molar-refractivity contribution >= 4 is 21.7 Å². The third-order valence-electron chi connectivity index (χ3n) is 3.49. The lowest BCUT2D eigenvalue weighted by Crippen LogP contribution is -2.35. The van der Waals surface area contributed by atoms with Crippen molar-refractivity contribution in [2.24, 2.45) is 0 Å². The smallest absolute Gasteiger partial charge is 0.251 e. The first-order chi connectivity index (χ1) is 10.4. The highest BCUT2D eigenvalue weighted by atomic mass is 32.2. The number of carbonyl (C=O) groups is 2. The van der Waals surface area contributed by atoms with Crippen molar-refractivity contribution in [3.8, 4) is 0 Å². The molecule has 1 aromatic carbocycles. The van der Waals surface area contributed by atoms with Crippen LogP contribution in [0.4, 0.5) is 0 Å². The molecule has 2 amide bonds. The van der Waals surface area contributed by atoms with Gasteiger partial charge in [-0.3, -0.25) is 9.59 Å². The second-order valence-electron chi connectivity index (χ2n) is 5.41. The van der Waals surface area contributed by atoms with E-state index in [2.05, 4.69) is 10.6 Å². The Bertz CT molecular complexity index is 670. The van der Waals surface area contributed by atoms with Gasteiger partial charge in [0.1, 0.15) is 0 Å². The Kier molecular flexibility index (Phi) is 5.18. The van der Waals surface area contributed by atoms with E-state index in [9.17, 15) is 18.0 Å². The molecule has 1 fully saturated rings. The molecule has 7 heteroatoms. The van der Waals surface area contributed by atoms with Gasteiger partial charge in [0.25, 0.3) is 11.8 Å². The molecule has 0 aromatic heterocycles. The highest BCUT2D eigenvalue weighted by molar-refractivity contribution is 7.91. The van der Waals surface area contributed by atoms with E-state index in [1.165, 1.54) is 6.07 Å². The van der Waals surface area contributed by atoms with Gasteiger partial charge >= 0.3 is 0 Å². The quantitative estimate of drug-likeness (QED) is 0.836. The van der Waals surface area contributed by atoms with Gasteiger partial charge in [0.15, 0.2) is 9.84 Å². The molecule has 1 atom stereocenters. The molecule has 2 rings (SSSR count). The Balaban J connectivity index is 2.03. The van der Waals surface area contributed by atoms with Gasteiger partial charge in [0.05, 0.1) is 11.5 Å². The van der Waals surface area contributed by atoms with E-state index >= 15 is 0 Å². The third kappa shape index (κ3) is 4.30. The predicted octanol–water partition coefficient (Wildman–Crippen LogP) is 0.743. The van der Waals surface area contributed by atoms with Crippen LogP contribution in [0, 0.1) is 0 Å². The molecule has 0 bridgehead atoms. The summed E-state index contributed by atoms with van der Waals surface area (Å²) in [5.74, 6) is -0.487. The lowest BCUT2D eigenvalue weighted by atomic mass is 10.1. The van der Waals surface area contributed by atoms with Crippen LogP contribution < -0.4 is 10.6 Å². The zero-order chi connectivity index (χ0) is 16.2. The van der Waals surface area contributed by atoms with Crippen LogP contribution in [0.2, 0.25) is 0 Å². The Morgan fingerprint density at radius 3 is 2.50 bits per heavy atom. The van der Waals surface area contributed by atoms with Gasteiger partial charge in [-0.2, -0.15) is 0 Å². The maximum Gasteiger partial charge on any atom is 0.251 e. The number of rotatable bonds is 5. The van der Waals surface area contributed by atoms with E-state index < -0.39 is 9.84 Å². The molecule has 2 N–H and O–H groups in total. The summed E-state index contributed by atoms with van der Waals surface area (Å²) >= 11 is 0. The number of nitrogens with one attached hydrogen (secondary N) is 2. The van der Waals surface area contributed by atoms with Crippen molar-refractivity contribution in [1.82, 2.24) is 10.6 Å². The zero-order valence-corrected chi connectivity index (χ0v) is 13.3. The molecular weight excluding hydrogens is 304 g/mol. The van der Waals surface area contributed by atoms with Crippen molar-refractivity contribution in [1.29, 1.82) is 0 Å². The summed E-state index contributed by atoms with van der Waals surface area (Å²) in [6.45, 7) is 2.54. The van der Waals surface area contributed by atoms with E-state index in [-0.39, 0.29) is 29.4 Å². The van der Waals surface area contributed by atoms with Crippen LogP contribution in [-0.2, 0) is 9.84 Å². The molecule has 1 aliphatic heterocycles. The predicted molar refractivity (Wildman–Crippen MR) is 83.6 cm³/mol. The first-order valence-electron chi connectivity index (χ1n) is 7.31. The Labute approximate surface area is 130 Å². The van der Waals surface area contributed by atoms with E-state index in [0.717, 1.165) is 6.42 Å². The van der Waals surface area contributed by atoms with Crippen LogP contribution in [0.1, 0.15) is 40.5 Å².